The van der Waals surface area contributed by atoms with E-state index in [-0.39, 0.29) is 10.9 Å². The molecule has 0 aromatic carbocycles. The Bertz CT molecular complexity index is 330. The Morgan fingerprint density at radius 1 is 1.47 bits per heavy atom. The van der Waals surface area contributed by atoms with Gasteiger partial charge in [-0.15, -0.1) is 0 Å². The number of imidazole rings is 1. The van der Waals surface area contributed by atoms with E-state index in [1.165, 1.54) is 0 Å². The molecule has 0 radical (unpaired) electrons. The quantitative estimate of drug-likeness (QED) is 0.850. The summed E-state index contributed by atoms with van der Waals surface area (Å²) in [7, 11) is 0. The van der Waals surface area contributed by atoms with Crippen molar-refractivity contribution in [1.29, 1.82) is 0 Å². The van der Waals surface area contributed by atoms with Gasteiger partial charge in [0, 0.05) is 35.9 Å². The molecule has 17 heavy (non-hydrogen) atoms. The normalized spacial score (nSPS) is 13.9. The van der Waals surface area contributed by atoms with Crippen LogP contribution in [-0.4, -0.2) is 31.3 Å². The molecule has 1 rings (SSSR count). The van der Waals surface area contributed by atoms with E-state index in [0.717, 1.165) is 24.5 Å². The summed E-state index contributed by atoms with van der Waals surface area (Å²) in [4.78, 5) is 4.31. The molecule has 1 atom stereocenters. The number of rotatable bonds is 6. The van der Waals surface area contributed by atoms with Crippen LogP contribution < -0.4 is 0 Å². The van der Waals surface area contributed by atoms with Gasteiger partial charge in [-0.25, -0.2) is 4.98 Å². The number of aliphatic hydroxyl groups is 1. The zero-order valence-electron chi connectivity index (χ0n) is 11.3. The van der Waals surface area contributed by atoms with Crippen LogP contribution in [0.25, 0.3) is 0 Å². The Balaban J connectivity index is 2.44. The van der Waals surface area contributed by atoms with Crippen molar-refractivity contribution < 1.29 is 5.11 Å². The number of thioether (sulfide) groups is 1. The third kappa shape index (κ3) is 5.59. The molecule has 0 saturated heterocycles. The maximum Gasteiger partial charge on any atom is 0.111 e. The van der Waals surface area contributed by atoms with Gasteiger partial charge in [-0.3, -0.25) is 0 Å². The fourth-order valence-electron chi connectivity index (χ4n) is 1.59. The van der Waals surface area contributed by atoms with Gasteiger partial charge in [0.2, 0.25) is 0 Å². The molecular weight excluding hydrogens is 232 g/mol. The number of aromatic nitrogens is 2. The molecule has 1 N–H and O–H groups in total. The van der Waals surface area contributed by atoms with E-state index in [9.17, 15) is 5.11 Å². The van der Waals surface area contributed by atoms with Crippen molar-refractivity contribution in [3.8, 4) is 0 Å². The molecule has 0 amide bonds. The second-order valence-corrected chi connectivity index (χ2v) is 7.16. The smallest absolute Gasteiger partial charge is 0.111 e. The summed E-state index contributed by atoms with van der Waals surface area (Å²) in [5.74, 6) is 1.76. The molecule has 0 aliphatic rings. The Kier molecular flexibility index (Phi) is 5.53. The average molecular weight is 256 g/mol. The van der Waals surface area contributed by atoms with Gasteiger partial charge in [0.1, 0.15) is 5.82 Å². The van der Waals surface area contributed by atoms with Crippen LogP contribution in [0.4, 0.5) is 0 Å². The minimum Gasteiger partial charge on any atom is -0.392 e. The van der Waals surface area contributed by atoms with E-state index < -0.39 is 0 Å². The molecule has 98 valence electrons. The molecule has 1 aromatic rings. The van der Waals surface area contributed by atoms with E-state index in [4.69, 9.17) is 0 Å². The molecule has 0 aliphatic carbocycles. The first-order valence-electron chi connectivity index (χ1n) is 6.24. The molecule has 3 nitrogen and oxygen atoms in total. The minimum atomic E-state index is -0.308. The van der Waals surface area contributed by atoms with Gasteiger partial charge in [0.25, 0.3) is 0 Å². The van der Waals surface area contributed by atoms with Crippen LogP contribution >= 0.6 is 11.8 Å². The van der Waals surface area contributed by atoms with Gasteiger partial charge in [0.15, 0.2) is 0 Å². The average Bonchev–Trinajstić information content (AvgIpc) is 2.63. The van der Waals surface area contributed by atoms with Crippen LogP contribution in [0.15, 0.2) is 12.4 Å². The molecule has 1 aromatic heterocycles. The van der Waals surface area contributed by atoms with Crippen LogP contribution in [-0.2, 0) is 13.0 Å². The van der Waals surface area contributed by atoms with Crippen molar-refractivity contribution in [3.05, 3.63) is 18.2 Å². The Morgan fingerprint density at radius 3 is 2.76 bits per heavy atom. The molecule has 0 bridgehead atoms. The van der Waals surface area contributed by atoms with Gasteiger partial charge in [-0.05, 0) is 6.42 Å². The number of aliphatic hydroxyl groups excluding tert-OH is 1. The van der Waals surface area contributed by atoms with Crippen molar-refractivity contribution in [1.82, 2.24) is 9.55 Å². The molecule has 0 saturated carbocycles. The van der Waals surface area contributed by atoms with Gasteiger partial charge in [-0.1, -0.05) is 27.7 Å². The van der Waals surface area contributed by atoms with Crippen LogP contribution in [0.5, 0.6) is 0 Å². The Hall–Kier alpha value is -0.480. The lowest BCUT2D eigenvalue weighted by atomic mass is 10.2. The predicted molar refractivity (Wildman–Crippen MR) is 74.4 cm³/mol. The highest BCUT2D eigenvalue weighted by Gasteiger charge is 2.15. The lowest BCUT2D eigenvalue weighted by Gasteiger charge is -2.20. The highest BCUT2D eigenvalue weighted by molar-refractivity contribution is 8.00. The second-order valence-electron chi connectivity index (χ2n) is 5.32. The lowest BCUT2D eigenvalue weighted by Crippen LogP contribution is -2.20. The highest BCUT2D eigenvalue weighted by atomic mass is 32.2. The summed E-state index contributed by atoms with van der Waals surface area (Å²) < 4.78 is 2.34. The highest BCUT2D eigenvalue weighted by Crippen LogP contribution is 2.24. The first kappa shape index (κ1) is 14.6. The first-order chi connectivity index (χ1) is 7.92. The third-order valence-corrected chi connectivity index (χ3v) is 3.81. The van der Waals surface area contributed by atoms with Crippen LogP contribution in [0, 0.1) is 0 Å². The van der Waals surface area contributed by atoms with E-state index in [2.05, 4.69) is 37.2 Å². The van der Waals surface area contributed by atoms with Gasteiger partial charge in [-0.2, -0.15) is 11.8 Å². The van der Waals surface area contributed by atoms with Crippen molar-refractivity contribution in [2.75, 3.05) is 5.75 Å². The van der Waals surface area contributed by atoms with E-state index in [1.54, 1.807) is 11.8 Å². The number of aryl methyl sites for hydroxylation is 1. The summed E-state index contributed by atoms with van der Waals surface area (Å²) in [6.45, 7) is 9.64. The van der Waals surface area contributed by atoms with Crippen molar-refractivity contribution in [2.24, 2.45) is 0 Å². The summed E-state index contributed by atoms with van der Waals surface area (Å²) in [6, 6.07) is 0. The van der Waals surface area contributed by atoms with Crippen LogP contribution in [0.3, 0.4) is 0 Å². The molecule has 0 spiro atoms. The maximum absolute atomic E-state index is 10.0. The molecular formula is C13H24N2OS. The summed E-state index contributed by atoms with van der Waals surface area (Å²) >= 11 is 1.80. The monoisotopic (exact) mass is 256 g/mol. The minimum absolute atomic E-state index is 0.208. The second kappa shape index (κ2) is 6.45. The Labute approximate surface area is 109 Å². The zero-order chi connectivity index (χ0) is 12.9. The van der Waals surface area contributed by atoms with Crippen molar-refractivity contribution in [3.63, 3.8) is 0 Å². The summed E-state index contributed by atoms with van der Waals surface area (Å²) in [5.41, 5.74) is 0. The number of hydrogen-bond acceptors (Lipinski definition) is 3. The first-order valence-corrected chi connectivity index (χ1v) is 7.23. The summed E-state index contributed by atoms with van der Waals surface area (Å²) in [5, 5.41) is 10.0. The maximum atomic E-state index is 10.0. The SMILES string of the molecule is CCCn1ccnc1CC(O)CSC(C)(C)C. The fraction of sp³-hybridized carbons (Fsp3) is 0.769. The summed E-state index contributed by atoms with van der Waals surface area (Å²) in [6.07, 6.45) is 5.24. The zero-order valence-corrected chi connectivity index (χ0v) is 12.1. The molecule has 1 unspecified atom stereocenters. The molecule has 0 aliphatic heterocycles. The van der Waals surface area contributed by atoms with E-state index in [0.29, 0.717) is 6.42 Å². The number of nitrogens with zero attached hydrogens (tertiary/aromatic N) is 2. The van der Waals surface area contributed by atoms with Gasteiger partial charge < -0.3 is 9.67 Å². The Morgan fingerprint density at radius 2 is 2.18 bits per heavy atom. The predicted octanol–water partition coefficient (Wildman–Crippen LogP) is 2.73. The van der Waals surface area contributed by atoms with Crippen molar-refractivity contribution >= 4 is 11.8 Å². The fourth-order valence-corrected chi connectivity index (χ4v) is 2.40. The topological polar surface area (TPSA) is 38.0 Å². The number of hydrogen-bond donors (Lipinski definition) is 1. The third-order valence-electron chi connectivity index (χ3n) is 2.39. The largest absolute Gasteiger partial charge is 0.392 e. The van der Waals surface area contributed by atoms with Gasteiger partial charge >= 0.3 is 0 Å². The van der Waals surface area contributed by atoms with E-state index >= 15 is 0 Å². The van der Waals surface area contributed by atoms with Crippen molar-refractivity contribution in [2.45, 2.75) is 57.9 Å². The molecule has 1 heterocycles. The standard InChI is InChI=1S/C13H24N2OS/c1-5-7-15-8-6-14-12(15)9-11(16)10-17-13(2,3)4/h6,8,11,16H,5,7,9-10H2,1-4H3. The molecule has 4 heteroatoms. The van der Waals surface area contributed by atoms with Gasteiger partial charge in [0.05, 0.1) is 6.10 Å². The van der Waals surface area contributed by atoms with Crippen LogP contribution in [0.1, 0.15) is 39.9 Å². The van der Waals surface area contributed by atoms with E-state index in [1.807, 2.05) is 12.4 Å². The van der Waals surface area contributed by atoms with Crippen LogP contribution in [0.2, 0.25) is 0 Å². The molecule has 0 fully saturated rings. The lowest BCUT2D eigenvalue weighted by molar-refractivity contribution is 0.195.